The Morgan fingerprint density at radius 1 is 1.15 bits per heavy atom. The van der Waals surface area contributed by atoms with E-state index in [0.717, 1.165) is 0 Å². The molecule has 1 aliphatic heterocycles. The highest BCUT2D eigenvalue weighted by Gasteiger charge is 2.25. The van der Waals surface area contributed by atoms with Crippen LogP contribution >= 0.6 is 0 Å². The molecule has 0 saturated carbocycles. The Morgan fingerprint density at radius 2 is 1.95 bits per heavy atom. The van der Waals surface area contributed by atoms with Crippen molar-refractivity contribution in [3.05, 3.63) is 42.4 Å². The summed E-state index contributed by atoms with van der Waals surface area (Å²) in [5.74, 6) is 0.479. The van der Waals surface area contributed by atoms with Crippen molar-refractivity contribution in [3.8, 4) is 5.88 Å². The summed E-state index contributed by atoms with van der Waals surface area (Å²) in [6.45, 7) is 0. The number of hydrogen-bond acceptors (Lipinski definition) is 6. The van der Waals surface area contributed by atoms with Gasteiger partial charge in [-0.3, -0.25) is 0 Å². The maximum atomic E-state index is 12.1. The van der Waals surface area contributed by atoms with Crippen LogP contribution in [0.3, 0.4) is 0 Å². The third-order valence-electron chi connectivity index (χ3n) is 2.71. The molecule has 8 heteroatoms. The second-order valence-corrected chi connectivity index (χ2v) is 5.55. The first-order valence-electron chi connectivity index (χ1n) is 5.67. The average molecular weight is 290 g/mol. The van der Waals surface area contributed by atoms with E-state index >= 15 is 0 Å². The summed E-state index contributed by atoms with van der Waals surface area (Å²) in [5.41, 5.74) is 0.791. The maximum absolute atomic E-state index is 12.1. The summed E-state index contributed by atoms with van der Waals surface area (Å²) >= 11 is 0. The third kappa shape index (κ3) is 2.10. The fourth-order valence-corrected chi connectivity index (χ4v) is 2.89. The molecule has 0 amide bonds. The molecular weight excluding hydrogens is 280 g/mol. The van der Waals surface area contributed by atoms with Gasteiger partial charge in [0.25, 0.3) is 10.0 Å². The van der Waals surface area contributed by atoms with E-state index in [1.54, 1.807) is 18.2 Å². The number of anilines is 1. The van der Waals surface area contributed by atoms with Crippen molar-refractivity contribution in [3.63, 3.8) is 0 Å². The molecule has 1 aromatic heterocycles. The molecule has 2 aromatic rings. The van der Waals surface area contributed by atoms with E-state index in [4.69, 9.17) is 4.74 Å². The highest BCUT2D eigenvalue weighted by atomic mass is 32.2. The molecule has 1 N–H and O–H groups in total. The van der Waals surface area contributed by atoms with E-state index in [9.17, 15) is 8.42 Å². The lowest BCUT2D eigenvalue weighted by molar-refractivity contribution is 0.395. The lowest BCUT2D eigenvalue weighted by Gasteiger charge is -2.17. The van der Waals surface area contributed by atoms with Crippen molar-refractivity contribution < 1.29 is 13.2 Å². The highest BCUT2D eigenvalue weighted by molar-refractivity contribution is 7.90. The minimum atomic E-state index is -3.73. The van der Waals surface area contributed by atoms with Gasteiger partial charge < -0.3 is 10.1 Å². The zero-order valence-electron chi connectivity index (χ0n) is 10.4. The molecule has 1 aliphatic rings. The first kappa shape index (κ1) is 12.5. The third-order valence-corrected chi connectivity index (χ3v) is 4.04. The second kappa shape index (κ2) is 4.57. The van der Waals surface area contributed by atoms with Crippen molar-refractivity contribution in [2.45, 2.75) is 4.90 Å². The van der Waals surface area contributed by atoms with E-state index in [1.807, 2.05) is 0 Å². The molecule has 1 aromatic carbocycles. The SMILES string of the molecule is COc1cnc(C2=NS(=O)(=O)c3ccccc3N2)cn1. The van der Waals surface area contributed by atoms with Gasteiger partial charge in [-0.1, -0.05) is 12.1 Å². The van der Waals surface area contributed by atoms with Gasteiger partial charge >= 0.3 is 0 Å². The second-order valence-electron chi connectivity index (χ2n) is 3.98. The van der Waals surface area contributed by atoms with Gasteiger partial charge in [0.2, 0.25) is 5.88 Å². The normalized spacial score (nSPS) is 15.8. The predicted molar refractivity (Wildman–Crippen MR) is 72.4 cm³/mol. The number of amidine groups is 1. The lowest BCUT2D eigenvalue weighted by atomic mass is 10.3. The number of fused-ring (bicyclic) bond motifs is 1. The Morgan fingerprint density at radius 3 is 2.65 bits per heavy atom. The Kier molecular flexibility index (Phi) is 2.87. The van der Waals surface area contributed by atoms with Crippen LogP contribution in [0, 0.1) is 0 Å². The molecule has 0 fully saturated rings. The van der Waals surface area contributed by atoms with Crippen LogP contribution < -0.4 is 10.1 Å². The van der Waals surface area contributed by atoms with E-state index in [-0.39, 0.29) is 10.7 Å². The molecule has 20 heavy (non-hydrogen) atoms. The largest absolute Gasteiger partial charge is 0.480 e. The number of methoxy groups -OCH3 is 1. The van der Waals surface area contributed by atoms with Crippen molar-refractivity contribution >= 4 is 21.5 Å². The summed E-state index contributed by atoms with van der Waals surface area (Å²) < 4.78 is 32.8. The summed E-state index contributed by atoms with van der Waals surface area (Å²) in [4.78, 5) is 8.19. The molecule has 0 bridgehead atoms. The van der Waals surface area contributed by atoms with E-state index in [0.29, 0.717) is 17.3 Å². The van der Waals surface area contributed by atoms with Crippen LogP contribution in [0.25, 0.3) is 0 Å². The van der Waals surface area contributed by atoms with E-state index in [1.165, 1.54) is 25.6 Å². The first-order valence-corrected chi connectivity index (χ1v) is 7.11. The Balaban J connectivity index is 2.06. The number of aromatic nitrogens is 2. The fraction of sp³-hybridized carbons (Fsp3) is 0.0833. The van der Waals surface area contributed by atoms with Gasteiger partial charge in [-0.2, -0.15) is 8.42 Å². The van der Waals surface area contributed by atoms with E-state index in [2.05, 4.69) is 19.7 Å². The molecule has 0 saturated heterocycles. The van der Waals surface area contributed by atoms with Crippen LogP contribution in [-0.2, 0) is 10.0 Å². The number of ether oxygens (including phenoxy) is 1. The molecule has 0 radical (unpaired) electrons. The number of nitrogens with zero attached hydrogens (tertiary/aromatic N) is 3. The summed E-state index contributed by atoms with van der Waals surface area (Å²) in [6.07, 6.45) is 2.79. The Labute approximate surface area is 115 Å². The molecule has 0 atom stereocenters. The maximum Gasteiger partial charge on any atom is 0.286 e. The van der Waals surface area contributed by atoms with Crippen LogP contribution in [0.4, 0.5) is 5.69 Å². The zero-order chi connectivity index (χ0) is 14.2. The van der Waals surface area contributed by atoms with Gasteiger partial charge in [0.05, 0.1) is 25.2 Å². The smallest absolute Gasteiger partial charge is 0.286 e. The van der Waals surface area contributed by atoms with Gasteiger partial charge in [-0.25, -0.2) is 9.97 Å². The minimum Gasteiger partial charge on any atom is -0.480 e. The van der Waals surface area contributed by atoms with Crippen LogP contribution in [-0.4, -0.2) is 31.3 Å². The topological polar surface area (TPSA) is 93.5 Å². The van der Waals surface area contributed by atoms with Gasteiger partial charge in [0.15, 0.2) is 5.84 Å². The van der Waals surface area contributed by atoms with E-state index < -0.39 is 10.0 Å². The monoisotopic (exact) mass is 290 g/mol. The average Bonchev–Trinajstić information content (AvgIpc) is 2.47. The molecular formula is C12H10N4O3S. The summed E-state index contributed by atoms with van der Waals surface area (Å²) in [6, 6.07) is 6.55. The number of benzene rings is 1. The van der Waals surface area contributed by atoms with Gasteiger partial charge in [0.1, 0.15) is 10.6 Å². The van der Waals surface area contributed by atoms with Crippen molar-refractivity contribution in [2.24, 2.45) is 4.40 Å². The zero-order valence-corrected chi connectivity index (χ0v) is 11.3. The fourth-order valence-electron chi connectivity index (χ4n) is 1.77. The minimum absolute atomic E-state index is 0.138. The lowest BCUT2D eigenvalue weighted by Crippen LogP contribution is -2.23. The van der Waals surface area contributed by atoms with Gasteiger partial charge in [0, 0.05) is 0 Å². The predicted octanol–water partition coefficient (Wildman–Crippen LogP) is 1.05. The Hall–Kier alpha value is -2.48. The van der Waals surface area contributed by atoms with Crippen molar-refractivity contribution in [2.75, 3.05) is 12.4 Å². The summed E-state index contributed by atoms with van der Waals surface area (Å²) in [7, 11) is -2.26. The van der Waals surface area contributed by atoms with Crippen LogP contribution in [0.2, 0.25) is 0 Å². The van der Waals surface area contributed by atoms with Crippen molar-refractivity contribution in [1.29, 1.82) is 0 Å². The van der Waals surface area contributed by atoms with Crippen LogP contribution in [0.15, 0.2) is 46.0 Å². The van der Waals surface area contributed by atoms with Crippen molar-refractivity contribution in [1.82, 2.24) is 9.97 Å². The molecule has 2 heterocycles. The number of rotatable bonds is 2. The standard InChI is InChI=1S/C12H10N4O3S/c1-19-11-7-13-9(6-14-11)12-15-8-4-2-3-5-10(8)20(17,18)16-12/h2-7H,1H3,(H,15,16). The molecule has 0 aliphatic carbocycles. The number of sulfonamides is 1. The molecule has 7 nitrogen and oxygen atoms in total. The Bertz CT molecular complexity index is 785. The van der Waals surface area contributed by atoms with Gasteiger partial charge in [-0.15, -0.1) is 4.40 Å². The van der Waals surface area contributed by atoms with Gasteiger partial charge in [-0.05, 0) is 12.1 Å². The number of hydrogen-bond donors (Lipinski definition) is 1. The quantitative estimate of drug-likeness (QED) is 0.888. The summed E-state index contributed by atoms with van der Waals surface area (Å²) in [5, 5.41) is 2.93. The molecule has 0 spiro atoms. The van der Waals surface area contributed by atoms with Crippen LogP contribution in [0.5, 0.6) is 5.88 Å². The molecule has 0 unspecified atom stereocenters. The molecule has 3 rings (SSSR count). The number of nitrogens with one attached hydrogen (secondary N) is 1. The van der Waals surface area contributed by atoms with Crippen LogP contribution in [0.1, 0.15) is 5.69 Å². The highest BCUT2D eigenvalue weighted by Crippen LogP contribution is 2.27. The molecule has 102 valence electrons. The first-order chi connectivity index (χ1) is 9.60. The number of para-hydroxylation sites is 1.